The lowest BCUT2D eigenvalue weighted by molar-refractivity contribution is -0.116. The number of halogens is 1. The van der Waals surface area contributed by atoms with Gasteiger partial charge in [-0.3, -0.25) is 9.69 Å². The Bertz CT molecular complexity index is 716. The van der Waals surface area contributed by atoms with Crippen molar-refractivity contribution in [2.24, 2.45) is 0 Å². The van der Waals surface area contributed by atoms with Gasteiger partial charge in [-0.25, -0.2) is 4.39 Å². The topological polar surface area (TPSA) is 32.3 Å². The average Bonchev–Trinajstić information content (AvgIpc) is 2.62. The maximum Gasteiger partial charge on any atom is 0.224 e. The van der Waals surface area contributed by atoms with E-state index in [9.17, 15) is 9.18 Å². The van der Waals surface area contributed by atoms with Crippen LogP contribution in [-0.4, -0.2) is 35.4 Å². The fourth-order valence-electron chi connectivity index (χ4n) is 2.94. The van der Waals surface area contributed by atoms with Crippen molar-refractivity contribution in [2.75, 3.05) is 29.9 Å². The summed E-state index contributed by atoms with van der Waals surface area (Å²) in [5, 5.41) is 2.93. The van der Waals surface area contributed by atoms with Gasteiger partial charge in [0.15, 0.2) is 0 Å². The van der Waals surface area contributed by atoms with Gasteiger partial charge in [0.2, 0.25) is 5.91 Å². The normalized spacial score (nSPS) is 15.1. The number of nitrogens with one attached hydrogen (secondary N) is 1. The van der Waals surface area contributed by atoms with Crippen molar-refractivity contribution in [1.82, 2.24) is 4.90 Å². The Hall–Kier alpha value is -1.85. The minimum atomic E-state index is -0.253. The van der Waals surface area contributed by atoms with Crippen LogP contribution in [0, 0.1) is 5.82 Å². The van der Waals surface area contributed by atoms with E-state index in [4.69, 9.17) is 0 Å². The predicted octanol–water partition coefficient (Wildman–Crippen LogP) is 3.95. The first kappa shape index (κ1) is 18.0. The summed E-state index contributed by atoms with van der Waals surface area (Å²) in [6.45, 7) is 3.15. The molecular weight excluding hydrogens is 335 g/mol. The Morgan fingerprint density at radius 3 is 2.72 bits per heavy atom. The largest absolute Gasteiger partial charge is 0.326 e. The average molecular weight is 358 g/mol. The zero-order chi connectivity index (χ0) is 17.5. The van der Waals surface area contributed by atoms with E-state index in [0.717, 1.165) is 25.3 Å². The van der Waals surface area contributed by atoms with Gasteiger partial charge in [-0.15, -0.1) is 0 Å². The van der Waals surface area contributed by atoms with E-state index in [-0.39, 0.29) is 18.1 Å². The summed E-state index contributed by atoms with van der Waals surface area (Å²) in [5.74, 6) is 2.03. The molecule has 0 aromatic heterocycles. The fourth-order valence-corrected chi connectivity index (χ4v) is 3.92. The highest BCUT2D eigenvalue weighted by Crippen LogP contribution is 2.17. The summed E-state index contributed by atoms with van der Waals surface area (Å²) in [6.07, 6.45) is 0.679. The van der Waals surface area contributed by atoms with E-state index in [0.29, 0.717) is 12.0 Å². The minimum absolute atomic E-state index is 0.0882. The van der Waals surface area contributed by atoms with E-state index in [2.05, 4.69) is 16.3 Å². The molecule has 1 fully saturated rings. The summed E-state index contributed by atoms with van der Waals surface area (Å²) in [5.41, 5.74) is 2.59. The number of carbonyl (C=O) groups is 1. The molecule has 3 rings (SSSR count). The smallest absolute Gasteiger partial charge is 0.224 e. The molecular formula is C20H23FN2OS. The van der Waals surface area contributed by atoms with E-state index in [1.54, 1.807) is 18.2 Å². The number of benzene rings is 2. The third kappa shape index (κ3) is 5.58. The molecule has 25 heavy (non-hydrogen) atoms. The third-order valence-electron chi connectivity index (χ3n) is 4.30. The lowest BCUT2D eigenvalue weighted by Gasteiger charge is -2.26. The SMILES string of the molecule is O=C(CCc1ccccc1F)Nc1cccc(CN2CCSCC2)c1. The molecule has 1 N–H and O–H groups in total. The maximum absolute atomic E-state index is 13.6. The van der Waals surface area contributed by atoms with Crippen LogP contribution in [0.15, 0.2) is 48.5 Å². The van der Waals surface area contributed by atoms with Gasteiger partial charge in [-0.2, -0.15) is 11.8 Å². The van der Waals surface area contributed by atoms with Gasteiger partial charge in [0, 0.05) is 43.2 Å². The second-order valence-corrected chi connectivity index (χ2v) is 7.45. The Morgan fingerprint density at radius 2 is 1.92 bits per heavy atom. The van der Waals surface area contributed by atoms with Crippen LogP contribution in [0.2, 0.25) is 0 Å². The van der Waals surface area contributed by atoms with Gasteiger partial charge in [-0.1, -0.05) is 30.3 Å². The molecule has 0 radical (unpaired) electrons. The van der Waals surface area contributed by atoms with Crippen molar-refractivity contribution in [1.29, 1.82) is 0 Å². The van der Waals surface area contributed by atoms with Crippen molar-refractivity contribution in [3.8, 4) is 0 Å². The van der Waals surface area contributed by atoms with Crippen LogP contribution in [0.3, 0.4) is 0 Å². The van der Waals surface area contributed by atoms with Crippen molar-refractivity contribution < 1.29 is 9.18 Å². The summed E-state index contributed by atoms with van der Waals surface area (Å²) < 4.78 is 13.6. The zero-order valence-electron chi connectivity index (χ0n) is 14.2. The lowest BCUT2D eigenvalue weighted by Crippen LogP contribution is -2.31. The van der Waals surface area contributed by atoms with E-state index < -0.39 is 0 Å². The Morgan fingerprint density at radius 1 is 1.12 bits per heavy atom. The number of amides is 1. The molecule has 132 valence electrons. The number of nitrogens with zero attached hydrogens (tertiary/aromatic N) is 1. The molecule has 0 spiro atoms. The molecule has 2 aromatic carbocycles. The van der Waals surface area contributed by atoms with Gasteiger partial charge >= 0.3 is 0 Å². The fraction of sp³-hybridized carbons (Fsp3) is 0.350. The first-order valence-corrected chi connectivity index (χ1v) is 9.78. The van der Waals surface area contributed by atoms with Crippen molar-refractivity contribution in [2.45, 2.75) is 19.4 Å². The number of aryl methyl sites for hydroxylation is 1. The molecule has 0 unspecified atom stereocenters. The second-order valence-electron chi connectivity index (χ2n) is 6.23. The lowest BCUT2D eigenvalue weighted by atomic mass is 10.1. The molecule has 1 heterocycles. The monoisotopic (exact) mass is 358 g/mol. The molecule has 0 bridgehead atoms. The van der Waals surface area contributed by atoms with Crippen LogP contribution in [0.25, 0.3) is 0 Å². The van der Waals surface area contributed by atoms with Crippen molar-refractivity contribution >= 4 is 23.4 Å². The molecule has 0 saturated carbocycles. The summed E-state index contributed by atoms with van der Waals surface area (Å²) in [4.78, 5) is 14.6. The van der Waals surface area contributed by atoms with Crippen LogP contribution < -0.4 is 5.32 Å². The first-order chi connectivity index (χ1) is 12.2. The second kappa shape index (κ2) is 9.02. The number of hydrogen-bond acceptors (Lipinski definition) is 3. The molecule has 3 nitrogen and oxygen atoms in total. The quantitative estimate of drug-likeness (QED) is 0.849. The highest BCUT2D eigenvalue weighted by Gasteiger charge is 2.11. The standard InChI is InChI=1S/C20H23FN2OS/c21-19-7-2-1-5-17(19)8-9-20(24)22-18-6-3-4-16(14-18)15-23-10-12-25-13-11-23/h1-7,14H,8-13,15H2,(H,22,24). The highest BCUT2D eigenvalue weighted by molar-refractivity contribution is 7.99. The number of rotatable bonds is 6. The molecule has 1 aliphatic rings. The van der Waals surface area contributed by atoms with Gasteiger partial charge in [0.25, 0.3) is 0 Å². The first-order valence-electron chi connectivity index (χ1n) is 8.63. The number of hydrogen-bond donors (Lipinski definition) is 1. The van der Waals surface area contributed by atoms with E-state index >= 15 is 0 Å². The molecule has 0 aliphatic carbocycles. The van der Waals surface area contributed by atoms with Crippen LogP contribution >= 0.6 is 11.8 Å². The maximum atomic E-state index is 13.6. The summed E-state index contributed by atoms with van der Waals surface area (Å²) in [7, 11) is 0. The van der Waals surface area contributed by atoms with Crippen molar-refractivity contribution in [3.63, 3.8) is 0 Å². The van der Waals surface area contributed by atoms with Gasteiger partial charge in [0.1, 0.15) is 5.82 Å². The Balaban J connectivity index is 1.52. The Labute approximate surface area is 152 Å². The summed E-state index contributed by atoms with van der Waals surface area (Å²) >= 11 is 2.00. The van der Waals surface area contributed by atoms with Gasteiger partial charge in [-0.05, 0) is 35.7 Å². The highest BCUT2D eigenvalue weighted by atomic mass is 32.2. The predicted molar refractivity (Wildman–Crippen MR) is 102 cm³/mol. The third-order valence-corrected chi connectivity index (χ3v) is 5.24. The molecule has 1 saturated heterocycles. The van der Waals surface area contributed by atoms with E-state index in [1.807, 2.05) is 30.0 Å². The van der Waals surface area contributed by atoms with E-state index in [1.165, 1.54) is 23.1 Å². The Kier molecular flexibility index (Phi) is 6.48. The molecule has 2 aromatic rings. The number of anilines is 1. The molecule has 0 atom stereocenters. The van der Waals surface area contributed by atoms with Crippen LogP contribution in [0.1, 0.15) is 17.5 Å². The molecule has 5 heteroatoms. The summed E-state index contributed by atoms with van der Waals surface area (Å²) in [6, 6.07) is 14.6. The number of thioether (sulfide) groups is 1. The molecule has 1 amide bonds. The van der Waals surface area contributed by atoms with Gasteiger partial charge in [0.05, 0.1) is 0 Å². The number of carbonyl (C=O) groups excluding carboxylic acids is 1. The van der Waals surface area contributed by atoms with Crippen LogP contribution in [-0.2, 0) is 17.8 Å². The zero-order valence-corrected chi connectivity index (χ0v) is 15.0. The van der Waals surface area contributed by atoms with Crippen LogP contribution in [0.4, 0.5) is 10.1 Å². The minimum Gasteiger partial charge on any atom is -0.326 e. The van der Waals surface area contributed by atoms with Gasteiger partial charge < -0.3 is 5.32 Å². The molecule has 1 aliphatic heterocycles. The van der Waals surface area contributed by atoms with Crippen LogP contribution in [0.5, 0.6) is 0 Å². The van der Waals surface area contributed by atoms with Crippen molar-refractivity contribution in [3.05, 3.63) is 65.5 Å².